The molecule has 1 aromatic rings. The third kappa shape index (κ3) is 4.73. The molecular weight excluding hydrogens is 410 g/mol. The summed E-state index contributed by atoms with van der Waals surface area (Å²) < 4.78 is 54.0. The number of aliphatic hydroxyl groups is 1. The average molecular weight is 430 g/mol. The zero-order valence-corrected chi connectivity index (χ0v) is 16.3. The highest BCUT2D eigenvalue weighted by Crippen LogP contribution is 2.35. The third-order valence-corrected chi connectivity index (χ3v) is 5.69. The molecule has 0 bridgehead atoms. The predicted octanol–water partition coefficient (Wildman–Crippen LogP) is 1.38. The first-order chi connectivity index (χ1) is 13.6. The van der Waals surface area contributed by atoms with Gasteiger partial charge in [-0.1, -0.05) is 34.8 Å². The molecule has 0 aromatic heterocycles. The number of nitrogens with zero attached hydrogens (tertiary/aromatic N) is 2. The van der Waals surface area contributed by atoms with Crippen LogP contribution in [0.4, 0.5) is 13.7 Å². The van der Waals surface area contributed by atoms with Gasteiger partial charge in [-0.15, -0.1) is 5.12 Å². The molecule has 1 aromatic carbocycles. The van der Waals surface area contributed by atoms with Gasteiger partial charge in [0.05, 0.1) is 5.75 Å². The van der Waals surface area contributed by atoms with Crippen LogP contribution in [0.2, 0.25) is 0 Å². The number of amides is 2. The van der Waals surface area contributed by atoms with Crippen LogP contribution in [0, 0.1) is 0 Å². The van der Waals surface area contributed by atoms with Crippen LogP contribution in [0.15, 0.2) is 30.3 Å². The fourth-order valence-electron chi connectivity index (χ4n) is 3.30. The second kappa shape index (κ2) is 8.07. The lowest BCUT2D eigenvalue weighted by Gasteiger charge is -2.28. The number of aliphatic hydroxyl groups excluding tert-OH is 1. The van der Waals surface area contributed by atoms with Crippen LogP contribution in [0.3, 0.4) is 0 Å². The van der Waals surface area contributed by atoms with Gasteiger partial charge < -0.3 is 14.7 Å². The minimum Gasteiger partial charge on any atom is -0.410 e. The van der Waals surface area contributed by atoms with Crippen LogP contribution in [0.25, 0.3) is 5.57 Å². The van der Waals surface area contributed by atoms with Crippen molar-refractivity contribution in [3.05, 3.63) is 41.5 Å². The molecule has 158 valence electrons. The van der Waals surface area contributed by atoms with Crippen LogP contribution in [0.1, 0.15) is 23.6 Å². The van der Waals surface area contributed by atoms with Crippen molar-refractivity contribution >= 4 is 27.4 Å². The normalized spacial score (nSPS) is 23.6. The monoisotopic (exact) mass is 430 g/mol. The number of sulfone groups is 1. The second-order valence-corrected chi connectivity index (χ2v) is 9.17. The smallest absolute Gasteiger partial charge is 0.410 e. The maximum atomic E-state index is 13.7. The average Bonchev–Trinajstić information content (AvgIpc) is 2.92. The topological polar surface area (TPSA) is 104 Å². The van der Waals surface area contributed by atoms with Gasteiger partial charge >= 0.3 is 6.09 Å². The van der Waals surface area contributed by atoms with Crippen LogP contribution < -0.4 is 0 Å². The number of hydrogen-bond acceptors (Lipinski definition) is 6. The van der Waals surface area contributed by atoms with Crippen molar-refractivity contribution in [1.82, 2.24) is 10.0 Å². The Morgan fingerprint density at radius 1 is 1.34 bits per heavy atom. The Balaban J connectivity index is 1.66. The van der Waals surface area contributed by atoms with E-state index >= 15 is 0 Å². The zero-order chi connectivity index (χ0) is 21.3. The lowest BCUT2D eigenvalue weighted by atomic mass is 9.96. The molecule has 1 fully saturated rings. The van der Waals surface area contributed by atoms with Crippen molar-refractivity contribution in [3.8, 4) is 0 Å². The van der Waals surface area contributed by atoms with E-state index in [-0.39, 0.29) is 17.2 Å². The van der Waals surface area contributed by atoms with Crippen molar-refractivity contribution in [1.29, 1.82) is 0 Å². The van der Waals surface area contributed by atoms with Gasteiger partial charge in [-0.25, -0.2) is 13.2 Å². The molecule has 0 saturated carbocycles. The van der Waals surface area contributed by atoms with Gasteiger partial charge in [0.25, 0.3) is 12.3 Å². The van der Waals surface area contributed by atoms with Crippen molar-refractivity contribution in [2.24, 2.45) is 0 Å². The quantitative estimate of drug-likeness (QED) is 0.708. The molecule has 2 aliphatic heterocycles. The Morgan fingerprint density at radius 2 is 2.00 bits per heavy atom. The number of carbonyl (C=O) groups is 2. The molecule has 11 heteroatoms. The van der Waals surface area contributed by atoms with Gasteiger partial charge in [-0.05, 0) is 23.1 Å². The molecule has 2 amide bonds. The van der Waals surface area contributed by atoms with E-state index in [9.17, 15) is 32.0 Å². The maximum Gasteiger partial charge on any atom is 0.441 e. The molecule has 29 heavy (non-hydrogen) atoms. The molecule has 2 heterocycles. The summed E-state index contributed by atoms with van der Waals surface area (Å²) in [4.78, 5) is 24.6. The molecule has 1 saturated heterocycles. The molecule has 8 nitrogen and oxygen atoms in total. The highest BCUT2D eigenvalue weighted by atomic mass is 32.2. The fraction of sp³-hybridized carbons (Fsp3) is 0.444. The van der Waals surface area contributed by atoms with E-state index in [4.69, 9.17) is 0 Å². The van der Waals surface area contributed by atoms with Gasteiger partial charge in [0.1, 0.15) is 6.10 Å². The van der Waals surface area contributed by atoms with Crippen molar-refractivity contribution in [2.45, 2.75) is 24.9 Å². The predicted molar refractivity (Wildman–Crippen MR) is 98.4 cm³/mol. The summed E-state index contributed by atoms with van der Waals surface area (Å²) >= 11 is 0. The number of halogens is 2. The van der Waals surface area contributed by atoms with E-state index < -0.39 is 46.1 Å². The lowest BCUT2D eigenvalue weighted by molar-refractivity contribution is -0.138. The highest BCUT2D eigenvalue weighted by molar-refractivity contribution is 7.90. The number of carbonyl (C=O) groups excluding carboxylic acids is 2. The number of alkyl halides is 1. The minimum absolute atomic E-state index is 0.201. The molecule has 2 aliphatic rings. The fourth-order valence-corrected chi connectivity index (χ4v) is 4.02. The molecule has 3 unspecified atom stereocenters. The van der Waals surface area contributed by atoms with E-state index in [0.29, 0.717) is 13.0 Å². The standard InChI is InChI=1S/C18H20F2N2O6S/c1-29(26,27)10-14(23)17(24)21-8-6-12(7-9-21)11-2-4-13(5-3-11)15-16(19)28-18(25)22(15)20/h2-6,14-16,23H,7-10H2,1H3. The number of benzene rings is 1. The Labute approximate surface area is 166 Å². The second-order valence-electron chi connectivity index (χ2n) is 6.98. The van der Waals surface area contributed by atoms with Crippen LogP contribution >= 0.6 is 0 Å². The summed E-state index contributed by atoms with van der Waals surface area (Å²) in [5.41, 5.74) is 1.92. The molecule has 0 radical (unpaired) electrons. The zero-order valence-electron chi connectivity index (χ0n) is 15.5. The highest BCUT2D eigenvalue weighted by Gasteiger charge is 2.44. The summed E-state index contributed by atoms with van der Waals surface area (Å²) in [6.07, 6.45) is -1.89. The van der Waals surface area contributed by atoms with Gasteiger partial charge in [0.2, 0.25) is 0 Å². The lowest BCUT2D eigenvalue weighted by Crippen LogP contribution is -2.44. The summed E-state index contributed by atoms with van der Waals surface area (Å²) in [6, 6.07) is 4.84. The van der Waals surface area contributed by atoms with Crippen LogP contribution in [-0.2, 0) is 19.4 Å². The first kappa shape index (κ1) is 21.2. The van der Waals surface area contributed by atoms with Crippen molar-refractivity contribution in [3.63, 3.8) is 0 Å². The number of cyclic esters (lactones) is 1. The molecule has 0 spiro atoms. The first-order valence-corrected chi connectivity index (χ1v) is 10.9. The summed E-state index contributed by atoms with van der Waals surface area (Å²) in [5, 5.41) is 9.51. The Bertz CT molecular complexity index is 934. The molecular formula is C18H20F2N2O6S. The Morgan fingerprint density at radius 3 is 2.48 bits per heavy atom. The van der Waals surface area contributed by atoms with Gasteiger partial charge in [-0.2, -0.15) is 4.39 Å². The number of ether oxygens (including phenoxy) is 1. The van der Waals surface area contributed by atoms with E-state index in [1.165, 1.54) is 17.0 Å². The molecule has 1 N–H and O–H groups in total. The Kier molecular flexibility index (Phi) is 5.90. The summed E-state index contributed by atoms with van der Waals surface area (Å²) in [5.74, 6) is -1.28. The van der Waals surface area contributed by atoms with Gasteiger partial charge in [0, 0.05) is 19.3 Å². The van der Waals surface area contributed by atoms with Crippen LogP contribution in [-0.4, -0.2) is 73.1 Å². The molecule has 3 atom stereocenters. The largest absolute Gasteiger partial charge is 0.441 e. The summed E-state index contributed by atoms with van der Waals surface area (Å²) in [7, 11) is -3.48. The molecule has 3 rings (SSSR count). The van der Waals surface area contributed by atoms with E-state index in [1.54, 1.807) is 18.2 Å². The number of rotatable bonds is 5. The van der Waals surface area contributed by atoms with E-state index in [0.717, 1.165) is 17.4 Å². The van der Waals surface area contributed by atoms with Crippen molar-refractivity contribution < 1.29 is 36.7 Å². The Hall–Kier alpha value is -2.53. The van der Waals surface area contributed by atoms with E-state index in [1.807, 2.05) is 0 Å². The summed E-state index contributed by atoms with van der Waals surface area (Å²) in [6.45, 7) is 0.496. The SMILES string of the molecule is CS(=O)(=O)CC(O)C(=O)N1CC=C(c2ccc(C3C(F)OC(=O)N3F)cc2)CC1. The minimum atomic E-state index is -3.48. The van der Waals surface area contributed by atoms with Crippen LogP contribution in [0.5, 0.6) is 0 Å². The maximum absolute atomic E-state index is 13.7. The van der Waals surface area contributed by atoms with Gasteiger partial charge in [-0.3, -0.25) is 4.79 Å². The van der Waals surface area contributed by atoms with Gasteiger partial charge in [0.15, 0.2) is 15.9 Å². The molecule has 0 aliphatic carbocycles. The van der Waals surface area contributed by atoms with E-state index in [2.05, 4.69) is 4.74 Å². The first-order valence-electron chi connectivity index (χ1n) is 8.80. The number of hydrogen-bond donors (Lipinski definition) is 1. The van der Waals surface area contributed by atoms with Crippen molar-refractivity contribution in [2.75, 3.05) is 25.1 Å². The third-order valence-electron chi connectivity index (χ3n) is 4.77.